The zero-order valence-electron chi connectivity index (χ0n) is 10.9. The van der Waals surface area contributed by atoms with Gasteiger partial charge in [-0.1, -0.05) is 51.9 Å². The first-order chi connectivity index (χ1) is 8.33. The second-order valence-electron chi connectivity index (χ2n) is 4.69. The molecule has 17 heavy (non-hydrogen) atoms. The second kappa shape index (κ2) is 9.03. The summed E-state index contributed by atoms with van der Waals surface area (Å²) in [6, 6.07) is 3.37. The fourth-order valence-electron chi connectivity index (χ4n) is 1.99. The van der Waals surface area contributed by atoms with Crippen molar-refractivity contribution in [1.29, 1.82) is 0 Å². The van der Waals surface area contributed by atoms with Crippen LogP contribution in [0.2, 0.25) is 0 Å². The lowest BCUT2D eigenvalue weighted by molar-refractivity contribution is 0.500. The summed E-state index contributed by atoms with van der Waals surface area (Å²) in [5.41, 5.74) is 0.875. The van der Waals surface area contributed by atoms with Crippen molar-refractivity contribution in [3.05, 3.63) is 34.4 Å². The average Bonchev–Trinajstić information content (AvgIpc) is 2.35. The Morgan fingerprint density at radius 2 is 1.59 bits per heavy atom. The minimum atomic E-state index is -0.260. The molecule has 0 unspecified atom stereocenters. The van der Waals surface area contributed by atoms with Crippen LogP contribution in [0.5, 0.6) is 0 Å². The van der Waals surface area contributed by atoms with E-state index in [1.165, 1.54) is 57.4 Å². The molecule has 0 aliphatic carbocycles. The van der Waals surface area contributed by atoms with Gasteiger partial charge in [0, 0.05) is 6.07 Å². The van der Waals surface area contributed by atoms with Crippen LogP contribution in [-0.4, -0.2) is 0 Å². The molecule has 1 aromatic heterocycles. The quantitative estimate of drug-likeness (QED) is 0.598. The molecule has 0 radical (unpaired) electrons. The summed E-state index contributed by atoms with van der Waals surface area (Å²) in [5, 5.41) is 0. The fourth-order valence-corrected chi connectivity index (χ4v) is 1.99. The van der Waals surface area contributed by atoms with Crippen LogP contribution >= 0.6 is 0 Å². The number of rotatable bonds is 9. The van der Waals surface area contributed by atoms with Crippen LogP contribution in [0.1, 0.15) is 63.9 Å². The minimum Gasteiger partial charge on any atom is -0.431 e. The van der Waals surface area contributed by atoms with Crippen LogP contribution in [0.4, 0.5) is 0 Å². The van der Waals surface area contributed by atoms with Crippen molar-refractivity contribution in [1.82, 2.24) is 0 Å². The molecule has 0 aromatic carbocycles. The molecule has 0 N–H and O–H groups in total. The summed E-state index contributed by atoms with van der Waals surface area (Å²) >= 11 is 0. The molecule has 2 heteroatoms. The predicted octanol–water partition coefficient (Wildman–Crippen LogP) is 4.32. The van der Waals surface area contributed by atoms with E-state index >= 15 is 0 Å². The van der Waals surface area contributed by atoms with Gasteiger partial charge in [-0.25, -0.2) is 4.79 Å². The molecular weight excluding hydrogens is 212 g/mol. The molecule has 0 saturated heterocycles. The molecule has 0 saturated carbocycles. The lowest BCUT2D eigenvalue weighted by Crippen LogP contribution is -1.96. The summed E-state index contributed by atoms with van der Waals surface area (Å²) in [4.78, 5) is 10.8. The van der Waals surface area contributed by atoms with Gasteiger partial charge in [0.25, 0.3) is 0 Å². The Morgan fingerprint density at radius 3 is 2.18 bits per heavy atom. The highest BCUT2D eigenvalue weighted by molar-refractivity contribution is 5.06. The lowest BCUT2D eigenvalue weighted by Gasteiger charge is -2.01. The molecule has 0 aliphatic heterocycles. The Labute approximate surface area is 104 Å². The van der Waals surface area contributed by atoms with Crippen molar-refractivity contribution < 1.29 is 4.42 Å². The van der Waals surface area contributed by atoms with Crippen molar-refractivity contribution in [2.24, 2.45) is 0 Å². The molecule has 0 fully saturated rings. The summed E-state index contributed by atoms with van der Waals surface area (Å²) in [5.74, 6) is 0. The molecular formula is C15H24O2. The van der Waals surface area contributed by atoms with E-state index in [1.54, 1.807) is 6.26 Å². The van der Waals surface area contributed by atoms with Crippen molar-refractivity contribution >= 4 is 0 Å². The van der Waals surface area contributed by atoms with E-state index in [2.05, 4.69) is 6.92 Å². The van der Waals surface area contributed by atoms with Crippen molar-refractivity contribution in [2.75, 3.05) is 0 Å². The molecule has 1 rings (SSSR count). The van der Waals surface area contributed by atoms with Crippen LogP contribution in [-0.2, 0) is 6.42 Å². The molecule has 2 nitrogen and oxygen atoms in total. The smallest absolute Gasteiger partial charge is 0.335 e. The first kappa shape index (κ1) is 14.0. The maximum absolute atomic E-state index is 10.8. The van der Waals surface area contributed by atoms with Gasteiger partial charge in [0.05, 0.1) is 6.26 Å². The van der Waals surface area contributed by atoms with E-state index in [0.717, 1.165) is 12.0 Å². The van der Waals surface area contributed by atoms with Gasteiger partial charge in [0.15, 0.2) is 0 Å². The molecule has 0 aliphatic rings. The van der Waals surface area contributed by atoms with E-state index < -0.39 is 0 Å². The highest BCUT2D eigenvalue weighted by Gasteiger charge is 1.95. The molecule has 0 bridgehead atoms. The Morgan fingerprint density at radius 1 is 0.941 bits per heavy atom. The summed E-state index contributed by atoms with van der Waals surface area (Å²) in [6.45, 7) is 2.25. The zero-order chi connectivity index (χ0) is 12.3. The van der Waals surface area contributed by atoms with Crippen LogP contribution < -0.4 is 5.63 Å². The van der Waals surface area contributed by atoms with Crippen molar-refractivity contribution in [3.8, 4) is 0 Å². The number of hydrogen-bond acceptors (Lipinski definition) is 2. The van der Waals surface area contributed by atoms with E-state index in [9.17, 15) is 4.79 Å². The van der Waals surface area contributed by atoms with E-state index in [-0.39, 0.29) is 5.63 Å². The highest BCUT2D eigenvalue weighted by atomic mass is 16.4. The number of aryl methyl sites for hydroxylation is 1. The van der Waals surface area contributed by atoms with E-state index in [1.807, 2.05) is 6.07 Å². The minimum absolute atomic E-state index is 0.260. The summed E-state index contributed by atoms with van der Waals surface area (Å²) in [7, 11) is 0. The van der Waals surface area contributed by atoms with Gasteiger partial charge in [0.2, 0.25) is 0 Å². The first-order valence-electron chi connectivity index (χ1n) is 6.90. The van der Waals surface area contributed by atoms with Gasteiger partial charge in [-0.3, -0.25) is 0 Å². The van der Waals surface area contributed by atoms with Crippen LogP contribution in [0.3, 0.4) is 0 Å². The first-order valence-corrected chi connectivity index (χ1v) is 6.90. The summed E-state index contributed by atoms with van der Waals surface area (Å²) < 4.78 is 4.83. The number of unbranched alkanes of at least 4 members (excludes halogenated alkanes) is 7. The van der Waals surface area contributed by atoms with Gasteiger partial charge in [-0.05, 0) is 24.5 Å². The number of hydrogen-bond donors (Lipinski definition) is 0. The lowest BCUT2D eigenvalue weighted by atomic mass is 10.1. The molecule has 0 spiro atoms. The van der Waals surface area contributed by atoms with Crippen LogP contribution in [0, 0.1) is 0 Å². The molecule has 1 aromatic rings. The molecule has 0 amide bonds. The zero-order valence-corrected chi connectivity index (χ0v) is 10.9. The topological polar surface area (TPSA) is 30.2 Å². The fraction of sp³-hybridized carbons (Fsp3) is 0.667. The molecule has 96 valence electrons. The van der Waals surface area contributed by atoms with Gasteiger partial charge in [-0.2, -0.15) is 0 Å². The van der Waals surface area contributed by atoms with E-state index in [4.69, 9.17) is 4.42 Å². The standard InChI is InChI=1S/C15H24O2/c1-2-3-4-5-6-7-8-9-10-14-11-12-15(16)17-13-14/h11-13H,2-10H2,1H3. The summed E-state index contributed by atoms with van der Waals surface area (Å²) in [6.07, 6.45) is 13.3. The van der Waals surface area contributed by atoms with Gasteiger partial charge in [0.1, 0.15) is 0 Å². The Kier molecular flexibility index (Phi) is 7.44. The van der Waals surface area contributed by atoms with Gasteiger partial charge >= 0.3 is 5.63 Å². The van der Waals surface area contributed by atoms with Crippen molar-refractivity contribution in [3.63, 3.8) is 0 Å². The SMILES string of the molecule is CCCCCCCCCCc1ccc(=O)oc1. The van der Waals surface area contributed by atoms with Crippen LogP contribution in [0.25, 0.3) is 0 Å². The third-order valence-electron chi connectivity index (χ3n) is 3.08. The molecule has 0 atom stereocenters. The Hall–Kier alpha value is -1.05. The third-order valence-corrected chi connectivity index (χ3v) is 3.08. The van der Waals surface area contributed by atoms with E-state index in [0.29, 0.717) is 0 Å². The highest BCUT2D eigenvalue weighted by Crippen LogP contribution is 2.10. The van der Waals surface area contributed by atoms with Gasteiger partial charge in [-0.15, -0.1) is 0 Å². The maximum atomic E-state index is 10.8. The predicted molar refractivity (Wildman–Crippen MR) is 71.3 cm³/mol. The van der Waals surface area contributed by atoms with Crippen LogP contribution in [0.15, 0.2) is 27.6 Å². The van der Waals surface area contributed by atoms with Gasteiger partial charge < -0.3 is 4.42 Å². The average molecular weight is 236 g/mol. The Balaban J connectivity index is 1.97. The second-order valence-corrected chi connectivity index (χ2v) is 4.69. The Bertz CT molecular complexity index is 321. The molecule has 1 heterocycles. The normalized spacial score (nSPS) is 10.6. The largest absolute Gasteiger partial charge is 0.431 e. The van der Waals surface area contributed by atoms with Crippen molar-refractivity contribution in [2.45, 2.75) is 64.7 Å². The third kappa shape index (κ3) is 6.98. The maximum Gasteiger partial charge on any atom is 0.335 e. The monoisotopic (exact) mass is 236 g/mol.